The van der Waals surface area contributed by atoms with Gasteiger partial charge in [-0.05, 0) is 25.1 Å². The smallest absolute Gasteiger partial charge is 0.129 e. The van der Waals surface area contributed by atoms with Crippen LogP contribution in [0.3, 0.4) is 0 Å². The minimum atomic E-state index is -0.797. The van der Waals surface area contributed by atoms with Crippen LogP contribution in [0, 0.1) is 5.82 Å². The number of benzene rings is 1. The largest absolute Gasteiger partial charge is 0.313 e. The van der Waals surface area contributed by atoms with Crippen LogP contribution in [0.2, 0.25) is 5.02 Å². The van der Waals surface area contributed by atoms with Gasteiger partial charge in [0, 0.05) is 39.4 Å². The maximum atomic E-state index is 13.4. The fourth-order valence-electron chi connectivity index (χ4n) is 1.36. The van der Waals surface area contributed by atoms with Crippen molar-refractivity contribution < 1.29 is 8.60 Å². The number of hydrogen-bond donors (Lipinski definition) is 1. The van der Waals surface area contributed by atoms with E-state index < -0.39 is 10.8 Å². The zero-order valence-electron chi connectivity index (χ0n) is 10.0. The van der Waals surface area contributed by atoms with E-state index in [2.05, 4.69) is 5.32 Å². The molecular formula is C12H17ClFNOS. The first-order valence-corrected chi connectivity index (χ1v) is 7.47. The molecule has 1 aromatic rings. The molecule has 0 bridgehead atoms. The van der Waals surface area contributed by atoms with Gasteiger partial charge in [-0.25, -0.2) is 4.39 Å². The van der Waals surface area contributed by atoms with Crippen LogP contribution >= 0.6 is 11.6 Å². The molecule has 17 heavy (non-hydrogen) atoms. The van der Waals surface area contributed by atoms with Gasteiger partial charge >= 0.3 is 0 Å². The van der Waals surface area contributed by atoms with Crippen LogP contribution in [-0.4, -0.2) is 22.3 Å². The van der Waals surface area contributed by atoms with Crippen molar-refractivity contribution in [2.24, 2.45) is 0 Å². The van der Waals surface area contributed by atoms with Crippen molar-refractivity contribution in [2.75, 3.05) is 12.8 Å². The predicted molar refractivity (Wildman–Crippen MR) is 71.3 cm³/mol. The molecule has 1 aromatic carbocycles. The molecule has 1 N–H and O–H groups in total. The zero-order chi connectivity index (χ0) is 12.8. The summed E-state index contributed by atoms with van der Waals surface area (Å²) < 4.78 is 24.5. The van der Waals surface area contributed by atoms with Crippen molar-refractivity contribution in [1.82, 2.24) is 5.32 Å². The Morgan fingerprint density at radius 3 is 2.82 bits per heavy atom. The lowest BCUT2D eigenvalue weighted by atomic mass is 10.2. The first-order valence-electron chi connectivity index (χ1n) is 5.47. The molecule has 0 heterocycles. The van der Waals surface area contributed by atoms with Crippen LogP contribution in [0.5, 0.6) is 0 Å². The summed E-state index contributed by atoms with van der Waals surface area (Å²) in [7, 11) is -0.797. The van der Waals surface area contributed by atoms with E-state index in [1.54, 1.807) is 18.4 Å². The second kappa shape index (κ2) is 7.09. The average molecular weight is 278 g/mol. The van der Waals surface area contributed by atoms with Crippen molar-refractivity contribution >= 4 is 22.4 Å². The van der Waals surface area contributed by atoms with E-state index in [-0.39, 0.29) is 11.1 Å². The minimum absolute atomic E-state index is 0.164. The Labute approximate surface area is 109 Å². The number of nitrogens with one attached hydrogen (secondary N) is 1. The highest BCUT2D eigenvalue weighted by Crippen LogP contribution is 2.14. The fourth-order valence-corrected chi connectivity index (χ4v) is 1.97. The summed E-state index contributed by atoms with van der Waals surface area (Å²) in [6, 6.07) is 4.65. The Morgan fingerprint density at radius 2 is 2.24 bits per heavy atom. The van der Waals surface area contributed by atoms with Crippen molar-refractivity contribution in [3.05, 3.63) is 34.6 Å². The molecule has 0 spiro atoms. The van der Waals surface area contributed by atoms with Gasteiger partial charge in [0.05, 0.1) is 0 Å². The standard InChI is InChI=1S/C12H17ClFNOS/c1-9(17(2)16)5-6-15-8-10-3-4-11(13)7-12(10)14/h3-4,7,9,15H,5-6,8H2,1-2H3/t9-,17+/m0/s1. The second-order valence-electron chi connectivity index (χ2n) is 4.01. The van der Waals surface area contributed by atoms with Crippen molar-refractivity contribution in [2.45, 2.75) is 25.1 Å². The molecule has 0 unspecified atom stereocenters. The third-order valence-electron chi connectivity index (χ3n) is 2.62. The Morgan fingerprint density at radius 1 is 1.53 bits per heavy atom. The van der Waals surface area contributed by atoms with E-state index in [9.17, 15) is 8.60 Å². The van der Waals surface area contributed by atoms with Gasteiger partial charge in [-0.15, -0.1) is 0 Å². The molecule has 2 nitrogen and oxygen atoms in total. The normalized spacial score (nSPS) is 14.6. The zero-order valence-corrected chi connectivity index (χ0v) is 11.6. The molecule has 0 saturated carbocycles. The number of hydrogen-bond acceptors (Lipinski definition) is 2. The van der Waals surface area contributed by atoms with Gasteiger partial charge in [0.2, 0.25) is 0 Å². The Hall–Kier alpha value is -0.450. The molecule has 96 valence electrons. The Balaban J connectivity index is 2.34. The fraction of sp³-hybridized carbons (Fsp3) is 0.500. The van der Waals surface area contributed by atoms with E-state index in [1.807, 2.05) is 6.92 Å². The van der Waals surface area contributed by atoms with Gasteiger partial charge in [0.1, 0.15) is 5.82 Å². The molecule has 0 amide bonds. The molecule has 0 fully saturated rings. The summed E-state index contributed by atoms with van der Waals surface area (Å²) in [5.74, 6) is -0.294. The van der Waals surface area contributed by atoms with Crippen molar-refractivity contribution in [3.63, 3.8) is 0 Å². The topological polar surface area (TPSA) is 29.1 Å². The van der Waals surface area contributed by atoms with Crippen LogP contribution in [0.4, 0.5) is 4.39 Å². The third kappa shape index (κ3) is 5.15. The summed E-state index contributed by atoms with van der Waals surface area (Å²) in [5, 5.41) is 3.70. The third-order valence-corrected chi connectivity index (χ3v) is 4.23. The molecule has 0 aliphatic heterocycles. The van der Waals surface area contributed by atoms with E-state index in [4.69, 9.17) is 11.6 Å². The van der Waals surface area contributed by atoms with Gasteiger partial charge in [0.25, 0.3) is 0 Å². The van der Waals surface area contributed by atoms with Crippen molar-refractivity contribution in [3.8, 4) is 0 Å². The first-order chi connectivity index (χ1) is 8.00. The first kappa shape index (κ1) is 14.6. The van der Waals surface area contributed by atoms with Crippen LogP contribution in [0.15, 0.2) is 18.2 Å². The summed E-state index contributed by atoms with van der Waals surface area (Å²) in [4.78, 5) is 0. The van der Waals surface area contributed by atoms with Crippen LogP contribution < -0.4 is 5.32 Å². The highest BCUT2D eigenvalue weighted by molar-refractivity contribution is 7.84. The number of halogens is 2. The molecule has 5 heteroatoms. The van der Waals surface area contributed by atoms with E-state index in [1.165, 1.54) is 6.07 Å². The Bertz CT molecular complexity index is 400. The summed E-state index contributed by atoms with van der Waals surface area (Å²) >= 11 is 5.66. The summed E-state index contributed by atoms with van der Waals surface area (Å²) in [5.41, 5.74) is 0.597. The SMILES string of the molecule is C[C@@H](CCNCc1ccc(Cl)cc1F)[S@@](C)=O. The van der Waals surface area contributed by atoms with Gasteiger partial charge in [-0.1, -0.05) is 24.6 Å². The highest BCUT2D eigenvalue weighted by atomic mass is 35.5. The second-order valence-corrected chi connectivity index (χ2v) is 6.25. The Kier molecular flexibility index (Phi) is 6.09. The molecule has 0 aliphatic rings. The average Bonchev–Trinajstić information content (AvgIpc) is 2.26. The van der Waals surface area contributed by atoms with Gasteiger partial charge in [-0.2, -0.15) is 0 Å². The monoisotopic (exact) mass is 277 g/mol. The van der Waals surface area contributed by atoms with Crippen LogP contribution in [-0.2, 0) is 17.3 Å². The summed E-state index contributed by atoms with van der Waals surface area (Å²) in [6.07, 6.45) is 2.52. The quantitative estimate of drug-likeness (QED) is 0.810. The molecular weight excluding hydrogens is 261 g/mol. The van der Waals surface area contributed by atoms with Gasteiger partial charge in [0.15, 0.2) is 0 Å². The lowest BCUT2D eigenvalue weighted by molar-refractivity contribution is 0.579. The molecule has 0 radical (unpaired) electrons. The van der Waals surface area contributed by atoms with E-state index in [0.717, 1.165) is 13.0 Å². The van der Waals surface area contributed by atoms with Crippen LogP contribution in [0.25, 0.3) is 0 Å². The van der Waals surface area contributed by atoms with E-state index in [0.29, 0.717) is 17.1 Å². The molecule has 0 saturated heterocycles. The summed E-state index contributed by atoms with van der Waals surface area (Å²) in [6.45, 7) is 3.13. The molecule has 2 atom stereocenters. The molecule has 0 aliphatic carbocycles. The minimum Gasteiger partial charge on any atom is -0.313 e. The maximum absolute atomic E-state index is 13.4. The van der Waals surface area contributed by atoms with Gasteiger partial charge in [-0.3, -0.25) is 4.21 Å². The van der Waals surface area contributed by atoms with E-state index >= 15 is 0 Å². The maximum Gasteiger partial charge on any atom is 0.129 e. The predicted octanol–water partition coefficient (Wildman–Crippen LogP) is 2.73. The van der Waals surface area contributed by atoms with Gasteiger partial charge < -0.3 is 5.32 Å². The number of rotatable bonds is 6. The molecule has 1 rings (SSSR count). The lowest BCUT2D eigenvalue weighted by Crippen LogP contribution is -2.21. The molecule has 0 aromatic heterocycles. The highest BCUT2D eigenvalue weighted by Gasteiger charge is 2.06. The van der Waals surface area contributed by atoms with Crippen LogP contribution in [0.1, 0.15) is 18.9 Å². The lowest BCUT2D eigenvalue weighted by Gasteiger charge is -2.09. The van der Waals surface area contributed by atoms with Crippen molar-refractivity contribution in [1.29, 1.82) is 0 Å².